The molecule has 3 rings (SSSR count). The van der Waals surface area contributed by atoms with E-state index in [2.05, 4.69) is 40.7 Å². The van der Waals surface area contributed by atoms with Crippen molar-refractivity contribution in [3.63, 3.8) is 0 Å². The van der Waals surface area contributed by atoms with Crippen LogP contribution in [-0.2, 0) is 12.3 Å². The Labute approximate surface area is 173 Å². The van der Waals surface area contributed by atoms with E-state index in [9.17, 15) is 0 Å². The first-order chi connectivity index (χ1) is 12.7. The van der Waals surface area contributed by atoms with E-state index in [1.54, 1.807) is 17.8 Å². The fraction of sp³-hybridized carbons (Fsp3) is 0.250. The summed E-state index contributed by atoms with van der Waals surface area (Å²) in [6.07, 6.45) is 5.72. The van der Waals surface area contributed by atoms with Crippen molar-refractivity contribution in [3.8, 4) is 0 Å². The molecule has 136 valence electrons. The molecule has 2 aromatic carbocycles. The minimum atomic E-state index is 0.430. The predicted molar refractivity (Wildman–Crippen MR) is 116 cm³/mol. The van der Waals surface area contributed by atoms with Crippen LogP contribution in [0.15, 0.2) is 66.1 Å². The van der Waals surface area contributed by atoms with Crippen LogP contribution in [0.2, 0.25) is 10.0 Å². The number of rotatable bonds is 8. The van der Waals surface area contributed by atoms with Gasteiger partial charge in [-0.1, -0.05) is 48.3 Å². The maximum Gasteiger partial charge on any atom is 0.0946 e. The monoisotopic (exact) mass is 422 g/mol. The van der Waals surface area contributed by atoms with Crippen LogP contribution < -0.4 is 0 Å². The number of hydrogen-bond acceptors (Lipinski definition) is 3. The first kappa shape index (κ1) is 19.7. The molecule has 2 nitrogen and oxygen atoms in total. The Morgan fingerprint density at radius 1 is 1.12 bits per heavy atom. The zero-order valence-electron chi connectivity index (χ0n) is 14.4. The van der Waals surface area contributed by atoms with E-state index in [1.165, 1.54) is 10.5 Å². The molecule has 1 heterocycles. The van der Waals surface area contributed by atoms with Crippen LogP contribution in [0.25, 0.3) is 0 Å². The lowest BCUT2D eigenvalue weighted by molar-refractivity contribution is 0.683. The first-order valence-electron chi connectivity index (χ1n) is 8.39. The van der Waals surface area contributed by atoms with Crippen LogP contribution in [0.4, 0.5) is 0 Å². The second-order valence-corrected chi connectivity index (χ2v) is 9.17. The summed E-state index contributed by atoms with van der Waals surface area (Å²) in [7, 11) is 0. The van der Waals surface area contributed by atoms with Crippen LogP contribution >= 0.6 is 46.7 Å². The van der Waals surface area contributed by atoms with Crippen molar-refractivity contribution in [1.82, 2.24) is 9.55 Å². The van der Waals surface area contributed by atoms with E-state index in [1.807, 2.05) is 42.6 Å². The summed E-state index contributed by atoms with van der Waals surface area (Å²) in [6.45, 7) is 3.14. The zero-order valence-corrected chi connectivity index (χ0v) is 17.6. The molecule has 0 saturated carbocycles. The van der Waals surface area contributed by atoms with Gasteiger partial charge < -0.3 is 4.57 Å². The Morgan fingerprint density at radius 3 is 2.58 bits per heavy atom. The highest BCUT2D eigenvalue weighted by molar-refractivity contribution is 7.99. The topological polar surface area (TPSA) is 17.8 Å². The Hall–Kier alpha value is -1.07. The summed E-state index contributed by atoms with van der Waals surface area (Å²) in [5.41, 5.74) is 2.45. The van der Waals surface area contributed by atoms with Crippen molar-refractivity contribution >= 4 is 46.7 Å². The molecule has 3 aromatic rings. The van der Waals surface area contributed by atoms with Gasteiger partial charge in [0.15, 0.2) is 0 Å². The van der Waals surface area contributed by atoms with Crippen molar-refractivity contribution in [1.29, 1.82) is 0 Å². The van der Waals surface area contributed by atoms with Gasteiger partial charge >= 0.3 is 0 Å². The quantitative estimate of drug-likeness (QED) is 0.364. The van der Waals surface area contributed by atoms with Gasteiger partial charge in [0.1, 0.15) is 0 Å². The molecule has 0 saturated heterocycles. The minimum absolute atomic E-state index is 0.430. The number of imidazole rings is 1. The summed E-state index contributed by atoms with van der Waals surface area (Å²) in [5, 5.41) is 1.82. The largest absolute Gasteiger partial charge is 0.336 e. The second kappa shape index (κ2) is 9.75. The molecule has 1 unspecified atom stereocenters. The van der Waals surface area contributed by atoms with E-state index >= 15 is 0 Å². The highest BCUT2D eigenvalue weighted by atomic mass is 35.5. The number of aromatic nitrogens is 2. The van der Waals surface area contributed by atoms with Crippen molar-refractivity contribution in [2.24, 2.45) is 0 Å². The van der Waals surface area contributed by atoms with E-state index in [4.69, 9.17) is 23.2 Å². The fourth-order valence-electron chi connectivity index (χ4n) is 2.62. The molecule has 0 bridgehead atoms. The predicted octanol–water partition coefficient (Wildman–Crippen LogP) is 6.98. The Kier molecular flexibility index (Phi) is 7.38. The Balaban J connectivity index is 1.64. The summed E-state index contributed by atoms with van der Waals surface area (Å²) >= 11 is 16.0. The molecule has 0 aliphatic heterocycles. The maximum atomic E-state index is 6.26. The summed E-state index contributed by atoms with van der Waals surface area (Å²) in [5.74, 6) is 1.92. The molecule has 0 N–H and O–H groups in total. The standard InChI is InChI=1S/C20H20Cl2N2S2/c1-2-25-20(12-24-10-9-23-14-24)15-4-7-18(8-5-15)26-13-16-3-6-17(21)11-19(16)22/h3-11,14,20H,2,12-13H2,1H3. The molecule has 0 aliphatic carbocycles. The highest BCUT2D eigenvalue weighted by Crippen LogP contribution is 2.33. The lowest BCUT2D eigenvalue weighted by atomic mass is 10.1. The van der Waals surface area contributed by atoms with Crippen LogP contribution in [0.5, 0.6) is 0 Å². The SMILES string of the molecule is CCSC(Cn1ccnc1)c1ccc(SCc2ccc(Cl)cc2Cl)cc1. The minimum Gasteiger partial charge on any atom is -0.336 e. The number of halogens is 2. The number of nitrogens with zero attached hydrogens (tertiary/aromatic N) is 2. The number of benzene rings is 2. The molecular formula is C20H20Cl2N2S2. The molecule has 0 spiro atoms. The number of thioether (sulfide) groups is 2. The van der Waals surface area contributed by atoms with Gasteiger partial charge in [-0.25, -0.2) is 4.98 Å². The molecular weight excluding hydrogens is 403 g/mol. The van der Waals surface area contributed by atoms with Crippen molar-refractivity contribution in [3.05, 3.63) is 82.4 Å². The maximum absolute atomic E-state index is 6.26. The van der Waals surface area contributed by atoms with Crippen molar-refractivity contribution < 1.29 is 0 Å². The summed E-state index contributed by atoms with van der Waals surface area (Å²) in [4.78, 5) is 5.38. The fourth-order valence-corrected chi connectivity index (χ4v) is 5.11. The van der Waals surface area contributed by atoms with Crippen LogP contribution in [0, 0.1) is 0 Å². The van der Waals surface area contributed by atoms with Gasteiger partial charge in [-0.15, -0.1) is 11.8 Å². The summed E-state index contributed by atoms with van der Waals surface area (Å²) < 4.78 is 2.14. The Bertz CT molecular complexity index is 820. The summed E-state index contributed by atoms with van der Waals surface area (Å²) in [6, 6.07) is 14.5. The van der Waals surface area contributed by atoms with E-state index in [0.29, 0.717) is 10.3 Å². The first-order valence-corrected chi connectivity index (χ1v) is 11.2. The normalized spacial score (nSPS) is 12.3. The van der Waals surface area contributed by atoms with Crippen LogP contribution in [0.3, 0.4) is 0 Å². The third-order valence-corrected chi connectivity index (χ3v) is 6.77. The molecule has 0 amide bonds. The van der Waals surface area contributed by atoms with Gasteiger partial charge in [0.25, 0.3) is 0 Å². The average Bonchev–Trinajstić information content (AvgIpc) is 3.14. The van der Waals surface area contributed by atoms with Crippen LogP contribution in [-0.4, -0.2) is 15.3 Å². The molecule has 6 heteroatoms. The highest BCUT2D eigenvalue weighted by Gasteiger charge is 2.12. The van der Waals surface area contributed by atoms with Crippen molar-refractivity contribution in [2.45, 2.75) is 29.4 Å². The molecule has 1 atom stereocenters. The van der Waals surface area contributed by atoms with Crippen molar-refractivity contribution in [2.75, 3.05) is 5.75 Å². The number of hydrogen-bond donors (Lipinski definition) is 0. The third-order valence-electron chi connectivity index (χ3n) is 3.97. The average molecular weight is 423 g/mol. The zero-order chi connectivity index (χ0) is 18.4. The van der Waals surface area contributed by atoms with E-state index in [-0.39, 0.29) is 0 Å². The van der Waals surface area contributed by atoms with Gasteiger partial charge in [-0.05, 0) is 41.1 Å². The molecule has 26 heavy (non-hydrogen) atoms. The van der Waals surface area contributed by atoms with Gasteiger partial charge in [0, 0.05) is 44.9 Å². The third kappa shape index (κ3) is 5.46. The van der Waals surface area contributed by atoms with Gasteiger partial charge in [-0.2, -0.15) is 11.8 Å². The lowest BCUT2D eigenvalue weighted by Gasteiger charge is -2.17. The molecule has 0 fully saturated rings. The molecule has 1 aromatic heterocycles. The second-order valence-electron chi connectivity index (χ2n) is 5.80. The van der Waals surface area contributed by atoms with Crippen LogP contribution in [0.1, 0.15) is 23.3 Å². The smallest absolute Gasteiger partial charge is 0.0946 e. The lowest BCUT2D eigenvalue weighted by Crippen LogP contribution is -2.05. The van der Waals surface area contributed by atoms with E-state index in [0.717, 1.165) is 28.6 Å². The Morgan fingerprint density at radius 2 is 1.92 bits per heavy atom. The van der Waals surface area contributed by atoms with Gasteiger partial charge in [-0.3, -0.25) is 0 Å². The van der Waals surface area contributed by atoms with Gasteiger partial charge in [0.05, 0.1) is 6.33 Å². The molecule has 0 radical (unpaired) electrons. The van der Waals surface area contributed by atoms with E-state index < -0.39 is 0 Å². The van der Waals surface area contributed by atoms with Gasteiger partial charge in [0.2, 0.25) is 0 Å². The molecule has 0 aliphatic rings.